The Morgan fingerprint density at radius 3 is 2.17 bits per heavy atom. The highest BCUT2D eigenvalue weighted by molar-refractivity contribution is 7.80. The summed E-state index contributed by atoms with van der Waals surface area (Å²) < 4.78 is 0. The average molecular weight is 458 g/mol. The van der Waals surface area contributed by atoms with Crippen LogP contribution in [0.2, 0.25) is 10.0 Å². The molecule has 0 radical (unpaired) electrons. The number of carbonyl (C=O) groups excluding carboxylic acids is 2. The Balaban J connectivity index is 1.65. The molecule has 0 fully saturated rings. The van der Waals surface area contributed by atoms with Gasteiger partial charge in [-0.15, -0.1) is 0 Å². The van der Waals surface area contributed by atoms with E-state index >= 15 is 0 Å². The summed E-state index contributed by atoms with van der Waals surface area (Å²) >= 11 is 17.1. The fourth-order valence-electron chi connectivity index (χ4n) is 2.68. The van der Waals surface area contributed by atoms with Gasteiger partial charge in [0.15, 0.2) is 5.11 Å². The molecular weight excluding hydrogens is 441 g/mol. The first kappa shape index (κ1) is 21.8. The lowest BCUT2D eigenvalue weighted by Crippen LogP contribution is -2.35. The second-order valence-corrected chi connectivity index (χ2v) is 7.56. The number of hydrogen-bond acceptors (Lipinski definition) is 3. The van der Waals surface area contributed by atoms with Crippen LogP contribution in [0.25, 0.3) is 0 Å². The molecule has 5 nitrogen and oxygen atoms in total. The minimum atomic E-state index is -0.470. The van der Waals surface area contributed by atoms with E-state index in [2.05, 4.69) is 16.0 Å². The molecule has 0 unspecified atom stereocenters. The zero-order valence-electron chi connectivity index (χ0n) is 15.6. The van der Waals surface area contributed by atoms with Gasteiger partial charge in [0.2, 0.25) is 0 Å². The van der Waals surface area contributed by atoms with Crippen molar-refractivity contribution in [2.45, 2.75) is 6.54 Å². The van der Waals surface area contributed by atoms with Crippen molar-refractivity contribution in [3.05, 3.63) is 99.5 Å². The highest BCUT2D eigenvalue weighted by atomic mass is 35.5. The van der Waals surface area contributed by atoms with Crippen molar-refractivity contribution in [1.29, 1.82) is 0 Å². The van der Waals surface area contributed by atoms with Crippen LogP contribution in [-0.2, 0) is 6.54 Å². The van der Waals surface area contributed by atoms with Gasteiger partial charge in [0.1, 0.15) is 0 Å². The van der Waals surface area contributed by atoms with Crippen LogP contribution in [0.3, 0.4) is 0 Å². The zero-order chi connectivity index (χ0) is 21.5. The van der Waals surface area contributed by atoms with Gasteiger partial charge in [-0.05, 0) is 48.1 Å². The Morgan fingerprint density at radius 2 is 1.47 bits per heavy atom. The second-order valence-electron chi connectivity index (χ2n) is 6.28. The minimum absolute atomic E-state index is 0.0411. The third-order valence-electron chi connectivity index (χ3n) is 4.07. The van der Waals surface area contributed by atoms with Crippen LogP contribution >= 0.6 is 35.4 Å². The molecule has 3 aromatic rings. The molecule has 0 saturated heterocycles. The number of amides is 2. The van der Waals surface area contributed by atoms with E-state index in [0.29, 0.717) is 27.8 Å². The van der Waals surface area contributed by atoms with Crippen LogP contribution in [0, 0.1) is 0 Å². The molecular formula is C22H17Cl2N3O2S. The molecule has 8 heteroatoms. The van der Waals surface area contributed by atoms with E-state index in [1.165, 1.54) is 18.2 Å². The summed E-state index contributed by atoms with van der Waals surface area (Å²) in [6.07, 6.45) is 0. The van der Waals surface area contributed by atoms with Gasteiger partial charge in [0.05, 0.1) is 11.3 Å². The summed E-state index contributed by atoms with van der Waals surface area (Å²) in [5.74, 6) is -0.736. The van der Waals surface area contributed by atoms with E-state index in [9.17, 15) is 9.59 Å². The topological polar surface area (TPSA) is 70.2 Å². The Morgan fingerprint density at radius 1 is 0.833 bits per heavy atom. The number of rotatable bonds is 5. The Hall–Kier alpha value is -2.93. The Labute approximate surface area is 189 Å². The average Bonchev–Trinajstić information content (AvgIpc) is 2.72. The normalized spacial score (nSPS) is 10.2. The molecule has 0 saturated carbocycles. The molecule has 0 aliphatic heterocycles. The summed E-state index contributed by atoms with van der Waals surface area (Å²) in [5, 5.41) is 9.04. The van der Waals surface area contributed by atoms with Crippen LogP contribution in [0.15, 0.2) is 72.8 Å². The minimum Gasteiger partial charge on any atom is -0.348 e. The third-order valence-corrected chi connectivity index (χ3v) is 4.71. The monoisotopic (exact) mass is 457 g/mol. The van der Waals surface area contributed by atoms with Gasteiger partial charge in [-0.2, -0.15) is 0 Å². The van der Waals surface area contributed by atoms with Gasteiger partial charge in [-0.1, -0.05) is 65.7 Å². The Bertz CT molecular complexity index is 1070. The highest BCUT2D eigenvalue weighted by Crippen LogP contribution is 2.19. The predicted molar refractivity (Wildman–Crippen MR) is 124 cm³/mol. The molecule has 3 rings (SSSR count). The maximum Gasteiger partial charge on any atom is 0.257 e. The van der Waals surface area contributed by atoms with E-state index in [0.717, 1.165) is 5.56 Å². The van der Waals surface area contributed by atoms with E-state index in [-0.39, 0.29) is 16.6 Å². The third kappa shape index (κ3) is 6.03. The van der Waals surface area contributed by atoms with Gasteiger partial charge in [-0.25, -0.2) is 0 Å². The fraction of sp³-hybridized carbons (Fsp3) is 0.0455. The van der Waals surface area contributed by atoms with Gasteiger partial charge in [0, 0.05) is 22.2 Å². The van der Waals surface area contributed by atoms with Gasteiger partial charge in [0.25, 0.3) is 11.8 Å². The van der Waals surface area contributed by atoms with Crippen molar-refractivity contribution in [3.63, 3.8) is 0 Å². The van der Waals surface area contributed by atoms with Gasteiger partial charge >= 0.3 is 0 Å². The number of halogens is 2. The number of hydrogen-bond donors (Lipinski definition) is 3. The molecule has 0 aliphatic carbocycles. The maximum absolute atomic E-state index is 12.6. The molecule has 0 bridgehead atoms. The van der Waals surface area contributed by atoms with Crippen molar-refractivity contribution in [2.24, 2.45) is 0 Å². The first-order valence-electron chi connectivity index (χ1n) is 8.92. The molecule has 30 heavy (non-hydrogen) atoms. The predicted octanol–water partition coefficient (Wildman–Crippen LogP) is 5.05. The largest absolute Gasteiger partial charge is 0.348 e. The zero-order valence-corrected chi connectivity index (χ0v) is 17.9. The van der Waals surface area contributed by atoms with Gasteiger partial charge < -0.3 is 10.6 Å². The lowest BCUT2D eigenvalue weighted by Gasteiger charge is -2.14. The fourth-order valence-corrected chi connectivity index (χ4v) is 3.41. The van der Waals surface area contributed by atoms with E-state index in [1.807, 2.05) is 30.3 Å². The number of para-hydroxylation sites is 1. The van der Waals surface area contributed by atoms with Crippen LogP contribution in [0.4, 0.5) is 5.69 Å². The number of nitrogens with one attached hydrogen (secondary N) is 3. The van der Waals surface area contributed by atoms with Crippen LogP contribution in [0.5, 0.6) is 0 Å². The molecule has 152 valence electrons. The molecule has 0 spiro atoms. The molecule has 0 atom stereocenters. The SMILES string of the molecule is O=C(NC(=S)Nc1ccccc1C(=O)NCc1ccccc1)c1cc(Cl)cc(Cl)c1. The first-order chi connectivity index (χ1) is 14.4. The van der Waals surface area contributed by atoms with Crippen molar-refractivity contribution >= 4 is 58.0 Å². The smallest absolute Gasteiger partial charge is 0.257 e. The number of benzene rings is 3. The first-order valence-corrected chi connectivity index (χ1v) is 10.1. The highest BCUT2D eigenvalue weighted by Gasteiger charge is 2.14. The van der Waals surface area contributed by atoms with E-state index in [1.54, 1.807) is 24.3 Å². The summed E-state index contributed by atoms with van der Waals surface area (Å²) in [6.45, 7) is 0.394. The maximum atomic E-state index is 12.6. The van der Waals surface area contributed by atoms with E-state index in [4.69, 9.17) is 35.4 Å². The summed E-state index contributed by atoms with van der Waals surface area (Å²) in [7, 11) is 0. The Kier molecular flexibility index (Phi) is 7.41. The summed E-state index contributed by atoms with van der Waals surface area (Å²) in [4.78, 5) is 25.0. The van der Waals surface area contributed by atoms with Crippen LogP contribution < -0.4 is 16.0 Å². The lowest BCUT2D eigenvalue weighted by molar-refractivity contribution is 0.0950. The molecule has 3 aromatic carbocycles. The second kappa shape index (κ2) is 10.2. The van der Waals surface area contributed by atoms with Crippen molar-refractivity contribution < 1.29 is 9.59 Å². The van der Waals surface area contributed by atoms with Crippen molar-refractivity contribution in [3.8, 4) is 0 Å². The number of carbonyl (C=O) groups is 2. The molecule has 0 aromatic heterocycles. The summed E-state index contributed by atoms with van der Waals surface area (Å²) in [6, 6.07) is 21.0. The quantitative estimate of drug-likeness (QED) is 0.468. The molecule has 2 amide bonds. The van der Waals surface area contributed by atoms with E-state index < -0.39 is 5.91 Å². The van der Waals surface area contributed by atoms with Crippen molar-refractivity contribution in [2.75, 3.05) is 5.32 Å². The standard InChI is InChI=1S/C22H17Cl2N3O2S/c23-16-10-15(11-17(24)12-16)20(28)27-22(30)26-19-9-5-4-8-18(19)21(29)25-13-14-6-2-1-3-7-14/h1-12H,13H2,(H,25,29)(H2,26,27,28,30). The van der Waals surface area contributed by atoms with Gasteiger partial charge in [-0.3, -0.25) is 14.9 Å². The number of anilines is 1. The lowest BCUT2D eigenvalue weighted by atomic mass is 10.1. The molecule has 0 aliphatic rings. The van der Waals surface area contributed by atoms with Crippen LogP contribution in [0.1, 0.15) is 26.3 Å². The summed E-state index contributed by atoms with van der Waals surface area (Å²) in [5.41, 5.74) is 2.12. The van der Waals surface area contributed by atoms with Crippen molar-refractivity contribution in [1.82, 2.24) is 10.6 Å². The number of thiocarbonyl (C=S) groups is 1. The molecule has 3 N–H and O–H groups in total. The molecule has 0 heterocycles. The van der Waals surface area contributed by atoms with Crippen LogP contribution in [-0.4, -0.2) is 16.9 Å².